The van der Waals surface area contributed by atoms with E-state index in [9.17, 15) is 0 Å². The standard InChI is InChI=1S/C2H4O2.3FH.Ni/c1-2(3)4;;;;/h1H3,(H,3,4);3*1H;/q;;;;+3/p-3. The van der Waals surface area contributed by atoms with Gasteiger partial charge in [0.05, 0.1) is 0 Å². The molecule has 0 aliphatic rings. The van der Waals surface area contributed by atoms with Crippen LogP contribution in [-0.4, -0.2) is 11.1 Å². The summed E-state index contributed by atoms with van der Waals surface area (Å²) < 4.78 is 0. The first-order chi connectivity index (χ1) is 1.73. The van der Waals surface area contributed by atoms with Crippen molar-refractivity contribution >= 4 is 5.97 Å². The molecule has 1 radical (unpaired) electrons. The van der Waals surface area contributed by atoms with Crippen molar-refractivity contribution in [2.24, 2.45) is 0 Å². The fourth-order valence-electron chi connectivity index (χ4n) is 0. The summed E-state index contributed by atoms with van der Waals surface area (Å²) in [5, 5.41) is 7.42. The topological polar surface area (TPSA) is 37.3 Å². The monoisotopic (exact) mass is 175 g/mol. The summed E-state index contributed by atoms with van der Waals surface area (Å²) >= 11 is 0. The van der Waals surface area contributed by atoms with Gasteiger partial charge in [-0.1, -0.05) is 0 Å². The Morgan fingerprint density at radius 2 is 1.25 bits per heavy atom. The molecule has 55 valence electrons. The first-order valence-corrected chi connectivity index (χ1v) is 0.928. The molecule has 0 spiro atoms. The van der Waals surface area contributed by atoms with Gasteiger partial charge in [-0.25, -0.2) is 0 Å². The summed E-state index contributed by atoms with van der Waals surface area (Å²) in [4.78, 5) is 9.00. The quantitative estimate of drug-likeness (QED) is 0.372. The maximum atomic E-state index is 9.00. The van der Waals surface area contributed by atoms with E-state index in [1.165, 1.54) is 0 Å². The molecule has 0 saturated heterocycles. The molecule has 0 aromatic carbocycles. The molecule has 2 nitrogen and oxygen atoms in total. The number of aliphatic carboxylic acids is 1. The Kier molecular flexibility index (Phi) is 172. The number of carboxylic acid groups (broad SMARTS) is 1. The zero-order valence-electron chi connectivity index (χ0n) is 3.81. The van der Waals surface area contributed by atoms with Gasteiger partial charge in [-0.05, 0) is 0 Å². The van der Waals surface area contributed by atoms with Gasteiger partial charge >= 0.3 is 16.5 Å². The third-order valence-corrected chi connectivity index (χ3v) is 0. The van der Waals surface area contributed by atoms with Gasteiger partial charge in [0, 0.05) is 6.92 Å². The van der Waals surface area contributed by atoms with Crippen LogP contribution in [0.2, 0.25) is 0 Å². The number of carboxylic acids is 1. The van der Waals surface area contributed by atoms with Gasteiger partial charge in [0.1, 0.15) is 0 Å². The van der Waals surface area contributed by atoms with Crippen LogP contribution in [0.25, 0.3) is 0 Å². The number of rotatable bonds is 0. The average molecular weight is 176 g/mol. The van der Waals surface area contributed by atoms with Gasteiger partial charge in [-0.3, -0.25) is 4.79 Å². The van der Waals surface area contributed by atoms with Crippen molar-refractivity contribution < 1.29 is 40.5 Å². The van der Waals surface area contributed by atoms with Crippen molar-refractivity contribution in [1.29, 1.82) is 0 Å². The number of carbonyl (C=O) groups is 1. The van der Waals surface area contributed by atoms with Gasteiger partial charge in [0.25, 0.3) is 5.97 Å². The van der Waals surface area contributed by atoms with Gasteiger partial charge in [-0.2, -0.15) is 0 Å². The second-order valence-corrected chi connectivity index (χ2v) is 0.519. The zero-order chi connectivity index (χ0) is 3.58. The van der Waals surface area contributed by atoms with Crippen molar-refractivity contribution in [1.82, 2.24) is 0 Å². The molecule has 1 N–H and O–H groups in total. The van der Waals surface area contributed by atoms with E-state index in [0.717, 1.165) is 6.92 Å². The Labute approximate surface area is 54.3 Å². The van der Waals surface area contributed by atoms with Crippen molar-refractivity contribution in [2.45, 2.75) is 6.92 Å². The van der Waals surface area contributed by atoms with Crippen LogP contribution in [0.4, 0.5) is 0 Å². The van der Waals surface area contributed by atoms with E-state index in [1.54, 1.807) is 0 Å². The second kappa shape index (κ2) is 29.5. The van der Waals surface area contributed by atoms with Crippen LogP contribution in [-0.2, 0) is 21.3 Å². The minimum absolute atomic E-state index is 0. The summed E-state index contributed by atoms with van der Waals surface area (Å²) in [6.45, 7) is 1.08. The minimum atomic E-state index is -0.833. The van der Waals surface area contributed by atoms with Crippen LogP contribution in [0.3, 0.4) is 0 Å². The van der Waals surface area contributed by atoms with E-state index in [0.29, 0.717) is 0 Å². The molecule has 0 aromatic rings. The summed E-state index contributed by atoms with van der Waals surface area (Å²) in [7, 11) is 0. The first kappa shape index (κ1) is 46.6. The Morgan fingerprint density at radius 3 is 1.25 bits per heavy atom. The van der Waals surface area contributed by atoms with Crippen molar-refractivity contribution in [3.63, 3.8) is 0 Å². The van der Waals surface area contributed by atoms with E-state index >= 15 is 0 Å². The number of halogens is 3. The molecule has 0 amide bonds. The molecule has 0 unspecified atom stereocenters. The van der Waals surface area contributed by atoms with Crippen LogP contribution in [0, 0.1) is 0 Å². The molecule has 0 aromatic heterocycles. The van der Waals surface area contributed by atoms with Gasteiger partial charge in [0.15, 0.2) is 0 Å². The Bertz CT molecular complexity index is 38.3. The van der Waals surface area contributed by atoms with Gasteiger partial charge < -0.3 is 19.2 Å². The smallest absolute Gasteiger partial charge is 1.00 e. The van der Waals surface area contributed by atoms with Crippen LogP contribution < -0.4 is 14.1 Å². The van der Waals surface area contributed by atoms with E-state index in [-0.39, 0.29) is 30.6 Å². The molecule has 8 heavy (non-hydrogen) atoms. The first-order valence-electron chi connectivity index (χ1n) is 0.928. The summed E-state index contributed by atoms with van der Waals surface area (Å²) in [5.41, 5.74) is 0. The fraction of sp³-hybridized carbons (Fsp3) is 0.500. The molecule has 0 bridgehead atoms. The Morgan fingerprint density at radius 1 is 1.25 bits per heavy atom. The molecular formula is C2H4F3NiO2. The normalized spacial score (nSPS) is 3.12. The van der Waals surface area contributed by atoms with E-state index in [4.69, 9.17) is 9.90 Å². The number of hydrogen-bond acceptors (Lipinski definition) is 1. The van der Waals surface area contributed by atoms with Crippen LogP contribution in [0.1, 0.15) is 6.92 Å². The molecule has 0 fully saturated rings. The molecule has 6 heteroatoms. The number of hydrogen-bond donors (Lipinski definition) is 1. The molecule has 0 saturated carbocycles. The average Bonchev–Trinajstić information content (AvgIpc) is 0.811. The largest absolute Gasteiger partial charge is 3.00 e. The SMILES string of the molecule is CC(=O)O.[F-].[F-].[F-].[Ni+3]. The van der Waals surface area contributed by atoms with Crippen LogP contribution >= 0.6 is 0 Å². The van der Waals surface area contributed by atoms with Gasteiger partial charge in [-0.15, -0.1) is 0 Å². The molecular weight excluding hydrogens is 172 g/mol. The molecule has 0 aliphatic heterocycles. The Balaban J connectivity index is -0.00000000750. The third-order valence-electron chi connectivity index (χ3n) is 0. The Hall–Kier alpha value is -0.246. The molecule has 0 heterocycles. The predicted molar refractivity (Wildman–Crippen MR) is 13.3 cm³/mol. The molecule has 0 rings (SSSR count). The van der Waals surface area contributed by atoms with E-state index in [2.05, 4.69) is 0 Å². The zero-order valence-corrected chi connectivity index (χ0v) is 4.79. The van der Waals surface area contributed by atoms with E-state index < -0.39 is 5.97 Å². The predicted octanol–water partition coefficient (Wildman–Crippen LogP) is -8.90. The fourth-order valence-corrected chi connectivity index (χ4v) is 0. The maximum Gasteiger partial charge on any atom is 3.00 e. The minimum Gasteiger partial charge on any atom is -1.00 e. The summed E-state index contributed by atoms with van der Waals surface area (Å²) in [6.07, 6.45) is 0. The molecule has 0 aliphatic carbocycles. The molecule has 0 atom stereocenters. The van der Waals surface area contributed by atoms with Crippen molar-refractivity contribution in [2.75, 3.05) is 0 Å². The maximum absolute atomic E-state index is 9.00. The van der Waals surface area contributed by atoms with Crippen molar-refractivity contribution in [3.05, 3.63) is 0 Å². The van der Waals surface area contributed by atoms with Gasteiger partial charge in [0.2, 0.25) is 0 Å². The summed E-state index contributed by atoms with van der Waals surface area (Å²) in [5.74, 6) is -0.833. The summed E-state index contributed by atoms with van der Waals surface area (Å²) in [6, 6.07) is 0. The van der Waals surface area contributed by atoms with Crippen LogP contribution in [0.5, 0.6) is 0 Å². The van der Waals surface area contributed by atoms with Crippen molar-refractivity contribution in [3.8, 4) is 0 Å². The van der Waals surface area contributed by atoms with Crippen LogP contribution in [0.15, 0.2) is 0 Å². The second-order valence-electron chi connectivity index (χ2n) is 0.519. The third kappa shape index (κ3) is 2140. The van der Waals surface area contributed by atoms with E-state index in [1.807, 2.05) is 0 Å².